The normalized spacial score (nSPS) is 10.3. The van der Waals surface area contributed by atoms with Gasteiger partial charge >= 0.3 is 6.08 Å². The summed E-state index contributed by atoms with van der Waals surface area (Å²) in [5.74, 6) is -0.173. The lowest BCUT2D eigenvalue weighted by Crippen LogP contribution is -1.88. The van der Waals surface area contributed by atoms with Gasteiger partial charge in [0.1, 0.15) is 6.26 Å². The van der Waals surface area contributed by atoms with Gasteiger partial charge in [-0.25, -0.2) is 4.39 Å². The number of rotatable bonds is 3. The highest BCUT2D eigenvalue weighted by atomic mass is 35.5. The lowest BCUT2D eigenvalue weighted by Gasteiger charge is -2.00. The smallest absolute Gasteiger partial charge is 0.399 e. The maximum absolute atomic E-state index is 13.1. The number of ether oxygens (including phenoxy) is 1. The Morgan fingerprint density at radius 1 is 1.40 bits per heavy atom. The highest BCUT2D eigenvalue weighted by Crippen LogP contribution is 2.23. The summed E-state index contributed by atoms with van der Waals surface area (Å²) in [5, 5.41) is 0. The second-order valence-electron chi connectivity index (χ2n) is 2.77. The van der Waals surface area contributed by atoms with E-state index in [9.17, 15) is 4.39 Å². The lowest BCUT2D eigenvalue weighted by molar-refractivity contribution is 0.318. The Hall–Kier alpha value is -1.55. The van der Waals surface area contributed by atoms with Crippen molar-refractivity contribution in [3.05, 3.63) is 42.0 Å². The molecule has 1 aromatic heterocycles. The molecule has 0 unspecified atom stereocenters. The van der Waals surface area contributed by atoms with Gasteiger partial charge in [0.05, 0.1) is 11.6 Å². The summed E-state index contributed by atoms with van der Waals surface area (Å²) in [7, 11) is 0. The summed E-state index contributed by atoms with van der Waals surface area (Å²) in [6.07, 6.45) is 1.35. The molecule has 0 saturated heterocycles. The van der Waals surface area contributed by atoms with Crippen LogP contribution in [0.15, 0.2) is 34.9 Å². The fourth-order valence-corrected chi connectivity index (χ4v) is 1.14. The maximum atomic E-state index is 13.1. The minimum absolute atomic E-state index is 0.0178. The zero-order valence-electron chi connectivity index (χ0n) is 7.61. The Bertz CT molecular complexity index is 458. The van der Waals surface area contributed by atoms with Crippen LogP contribution in [0.1, 0.15) is 5.69 Å². The van der Waals surface area contributed by atoms with Crippen molar-refractivity contribution in [2.24, 2.45) is 0 Å². The molecule has 0 spiro atoms. The van der Waals surface area contributed by atoms with Gasteiger partial charge in [-0.15, -0.1) is 11.6 Å². The van der Waals surface area contributed by atoms with Crippen LogP contribution in [-0.2, 0) is 5.88 Å². The molecule has 0 aliphatic rings. The molecule has 0 atom stereocenters. The van der Waals surface area contributed by atoms with E-state index in [2.05, 4.69) is 4.98 Å². The molecule has 1 heterocycles. The van der Waals surface area contributed by atoms with E-state index in [1.54, 1.807) is 12.1 Å². The molecular formula is C10H7ClFNO2. The van der Waals surface area contributed by atoms with Crippen LogP contribution in [0.5, 0.6) is 11.8 Å². The first-order valence-corrected chi connectivity index (χ1v) is 4.76. The highest BCUT2D eigenvalue weighted by molar-refractivity contribution is 6.16. The molecule has 0 fully saturated rings. The second kappa shape index (κ2) is 4.31. The zero-order chi connectivity index (χ0) is 10.7. The largest absolute Gasteiger partial charge is 0.417 e. The number of alkyl halides is 1. The van der Waals surface area contributed by atoms with E-state index in [0.717, 1.165) is 0 Å². The summed E-state index contributed by atoms with van der Waals surface area (Å²) in [6.45, 7) is 0. The Morgan fingerprint density at radius 2 is 2.20 bits per heavy atom. The minimum Gasteiger partial charge on any atom is -0.417 e. The van der Waals surface area contributed by atoms with Crippen LogP contribution in [0.3, 0.4) is 0 Å². The number of benzene rings is 1. The molecular weight excluding hydrogens is 221 g/mol. The quantitative estimate of drug-likeness (QED) is 0.755. The minimum atomic E-state index is -0.469. The molecule has 0 saturated carbocycles. The van der Waals surface area contributed by atoms with E-state index in [-0.39, 0.29) is 17.7 Å². The first-order valence-electron chi connectivity index (χ1n) is 4.22. The number of nitrogens with zero attached hydrogens (tertiary/aromatic N) is 1. The topological polar surface area (TPSA) is 35.3 Å². The number of hydrogen-bond donors (Lipinski definition) is 0. The average molecular weight is 228 g/mol. The molecule has 0 amide bonds. The van der Waals surface area contributed by atoms with E-state index in [0.29, 0.717) is 5.69 Å². The zero-order valence-corrected chi connectivity index (χ0v) is 8.37. The summed E-state index contributed by atoms with van der Waals surface area (Å²) in [5.41, 5.74) is 0.544. The van der Waals surface area contributed by atoms with Crippen molar-refractivity contribution in [1.82, 2.24) is 4.98 Å². The van der Waals surface area contributed by atoms with Crippen molar-refractivity contribution < 1.29 is 13.5 Å². The van der Waals surface area contributed by atoms with E-state index in [1.807, 2.05) is 0 Å². The van der Waals surface area contributed by atoms with Crippen molar-refractivity contribution in [2.75, 3.05) is 0 Å². The van der Waals surface area contributed by atoms with Gasteiger partial charge in [0.15, 0.2) is 11.6 Å². The number of hydrogen-bond acceptors (Lipinski definition) is 3. The SMILES string of the molecule is Fc1ccccc1Oc1nc(CCl)co1. The Labute approximate surface area is 90.4 Å². The van der Waals surface area contributed by atoms with Crippen LogP contribution in [-0.4, -0.2) is 4.98 Å². The van der Waals surface area contributed by atoms with Gasteiger partial charge < -0.3 is 9.15 Å². The average Bonchev–Trinajstić information content (AvgIpc) is 2.69. The fraction of sp³-hybridized carbons (Fsp3) is 0.100. The summed E-state index contributed by atoms with van der Waals surface area (Å²) in [4.78, 5) is 3.88. The third-order valence-corrected chi connectivity index (χ3v) is 1.98. The molecule has 2 rings (SSSR count). The summed E-state index contributed by atoms with van der Waals surface area (Å²) in [6, 6.07) is 6.01. The van der Waals surface area contributed by atoms with Gasteiger partial charge in [0.2, 0.25) is 0 Å². The van der Waals surface area contributed by atoms with Gasteiger partial charge in [-0.05, 0) is 12.1 Å². The molecule has 0 N–H and O–H groups in total. The van der Waals surface area contributed by atoms with Crippen molar-refractivity contribution >= 4 is 11.6 Å². The predicted molar refractivity (Wildman–Crippen MR) is 52.5 cm³/mol. The molecule has 1 aromatic carbocycles. The Balaban J connectivity index is 2.18. The first-order chi connectivity index (χ1) is 7.29. The van der Waals surface area contributed by atoms with Gasteiger partial charge in [-0.1, -0.05) is 12.1 Å². The lowest BCUT2D eigenvalue weighted by atomic mass is 10.3. The Kier molecular flexibility index (Phi) is 2.87. The van der Waals surface area contributed by atoms with Crippen LogP contribution in [0.25, 0.3) is 0 Å². The summed E-state index contributed by atoms with van der Waals surface area (Å²) < 4.78 is 23.2. The van der Waals surface area contributed by atoms with Crippen LogP contribution < -0.4 is 4.74 Å². The highest BCUT2D eigenvalue weighted by Gasteiger charge is 2.08. The third-order valence-electron chi connectivity index (χ3n) is 1.70. The number of para-hydroxylation sites is 1. The van der Waals surface area contributed by atoms with E-state index in [4.69, 9.17) is 20.8 Å². The van der Waals surface area contributed by atoms with Crippen molar-refractivity contribution in [3.8, 4) is 11.8 Å². The second-order valence-corrected chi connectivity index (χ2v) is 3.04. The van der Waals surface area contributed by atoms with Crippen LogP contribution >= 0.6 is 11.6 Å². The van der Waals surface area contributed by atoms with E-state index >= 15 is 0 Å². The molecule has 0 aliphatic heterocycles. The van der Waals surface area contributed by atoms with Crippen LogP contribution in [0.4, 0.5) is 4.39 Å². The number of halogens is 2. The summed E-state index contributed by atoms with van der Waals surface area (Å²) >= 11 is 5.52. The Morgan fingerprint density at radius 3 is 2.87 bits per heavy atom. The molecule has 78 valence electrons. The third kappa shape index (κ3) is 2.27. The molecule has 0 bridgehead atoms. The fourth-order valence-electron chi connectivity index (χ4n) is 1.02. The molecule has 0 aliphatic carbocycles. The standard InChI is InChI=1S/C10H7ClFNO2/c11-5-7-6-14-10(13-7)15-9-4-2-1-3-8(9)12/h1-4,6H,5H2. The molecule has 0 radical (unpaired) electrons. The first kappa shape index (κ1) is 9.98. The van der Waals surface area contributed by atoms with Crippen molar-refractivity contribution in [3.63, 3.8) is 0 Å². The van der Waals surface area contributed by atoms with Gasteiger partial charge in [0, 0.05) is 0 Å². The molecule has 2 aromatic rings. The van der Waals surface area contributed by atoms with Crippen LogP contribution in [0.2, 0.25) is 0 Å². The van der Waals surface area contributed by atoms with Crippen LogP contribution in [0, 0.1) is 5.82 Å². The van der Waals surface area contributed by atoms with Crippen molar-refractivity contribution in [2.45, 2.75) is 5.88 Å². The maximum Gasteiger partial charge on any atom is 0.399 e. The van der Waals surface area contributed by atoms with E-state index in [1.165, 1.54) is 18.4 Å². The molecule has 5 heteroatoms. The van der Waals surface area contributed by atoms with E-state index < -0.39 is 5.82 Å². The molecule has 15 heavy (non-hydrogen) atoms. The van der Waals surface area contributed by atoms with Gasteiger partial charge in [0.25, 0.3) is 0 Å². The van der Waals surface area contributed by atoms with Crippen molar-refractivity contribution in [1.29, 1.82) is 0 Å². The number of aromatic nitrogens is 1. The van der Waals surface area contributed by atoms with Gasteiger partial charge in [-0.2, -0.15) is 4.98 Å². The molecule has 3 nitrogen and oxygen atoms in total. The predicted octanol–water partition coefficient (Wildman–Crippen LogP) is 3.34. The number of oxazole rings is 1. The van der Waals surface area contributed by atoms with Gasteiger partial charge in [-0.3, -0.25) is 0 Å². The monoisotopic (exact) mass is 227 g/mol.